The van der Waals surface area contributed by atoms with Crippen LogP contribution in [0.1, 0.15) is 76.5 Å². The lowest BCUT2D eigenvalue weighted by Crippen LogP contribution is -2.28. The Morgan fingerprint density at radius 3 is 1.72 bits per heavy atom. The van der Waals surface area contributed by atoms with Crippen molar-refractivity contribution in [3.05, 3.63) is 70.5 Å². The lowest BCUT2D eigenvalue weighted by Gasteiger charge is -2.27. The van der Waals surface area contributed by atoms with E-state index < -0.39 is 87.6 Å². The zero-order valence-corrected chi connectivity index (χ0v) is 35.6. The molecular formula is C32H41NO18S6. The average Bonchev–Trinajstić information content (AvgIpc) is 3.40. The monoisotopic (exact) mass is 919 g/mol. The van der Waals surface area contributed by atoms with Crippen LogP contribution in [-0.4, -0.2) is 88.2 Å². The van der Waals surface area contributed by atoms with Crippen molar-refractivity contribution >= 4 is 73.9 Å². The second-order valence-corrected chi connectivity index (χ2v) is 22.2. The summed E-state index contributed by atoms with van der Waals surface area (Å²) in [5.41, 5.74) is -1.89. The van der Waals surface area contributed by atoms with E-state index in [1.165, 1.54) is 37.0 Å². The van der Waals surface area contributed by atoms with Crippen LogP contribution < -0.4 is 4.90 Å². The Morgan fingerprint density at radius 2 is 1.19 bits per heavy atom. The summed E-state index contributed by atoms with van der Waals surface area (Å²) in [6.45, 7) is 6.08. The van der Waals surface area contributed by atoms with E-state index in [0.717, 1.165) is 18.2 Å². The number of nitrogens with zero attached hydrogens (tertiary/aromatic N) is 1. The average molecular weight is 920 g/mol. The van der Waals surface area contributed by atoms with Crippen molar-refractivity contribution in [3.8, 4) is 0 Å². The molecule has 0 atom stereocenters. The summed E-state index contributed by atoms with van der Waals surface area (Å²) in [6, 6.07) is 4.01. The predicted octanol–water partition coefficient (Wildman–Crippen LogP) is 4.86. The van der Waals surface area contributed by atoms with Gasteiger partial charge in [0, 0.05) is 33.5 Å². The molecule has 6 N–H and O–H groups in total. The molecule has 4 rings (SSSR count). The standard InChI is InChI=1S/C32H41NO18S6/c1-31(2)21(20(10-5-7-18-53(35,36)37)27-22(52-51-50-34)13-14-23(28(27)31)55(41,42)43)11-9-12-26-32(3,4)29-24(56(44,45)46)15-16-25(57(47,48)49)30(29)33(26)17-6-8-19-54(38,39)40/h9,11-16,34H,5-8,10,17-19H2,1-4H3,(H,35,36,37)(H,38,39,40)(H,41,42,43)(H,44,45,46)(H,47,48,49)/b11-9?,26-12+. The fraction of sp³-hybridized carbons (Fsp3) is 0.438. The van der Waals surface area contributed by atoms with Crippen LogP contribution in [0.3, 0.4) is 0 Å². The van der Waals surface area contributed by atoms with Gasteiger partial charge in [-0.2, -0.15) is 42.1 Å². The van der Waals surface area contributed by atoms with Gasteiger partial charge in [0.2, 0.25) is 0 Å². The maximum Gasteiger partial charge on any atom is 0.296 e. The fourth-order valence-corrected chi connectivity index (χ4v) is 11.5. The Bertz CT molecular complexity index is 2590. The molecule has 1 aliphatic heterocycles. The molecule has 1 heterocycles. The minimum Gasteiger partial charge on any atom is -0.343 e. The molecule has 25 heteroatoms. The van der Waals surface area contributed by atoms with E-state index in [4.69, 9.17) is 5.26 Å². The summed E-state index contributed by atoms with van der Waals surface area (Å²) in [7, 11) is -23.7. The van der Waals surface area contributed by atoms with Crippen LogP contribution in [0, 0.1) is 0 Å². The minimum absolute atomic E-state index is 0.0168. The molecule has 0 unspecified atom stereocenters. The predicted molar refractivity (Wildman–Crippen MR) is 206 cm³/mol. The summed E-state index contributed by atoms with van der Waals surface area (Å²) in [4.78, 5) is -0.334. The molecule has 0 fully saturated rings. The van der Waals surface area contributed by atoms with Gasteiger partial charge in [0.05, 0.1) is 34.1 Å². The van der Waals surface area contributed by atoms with Crippen LogP contribution in [0.4, 0.5) is 5.69 Å². The molecule has 0 spiro atoms. The first kappa shape index (κ1) is 46.9. The van der Waals surface area contributed by atoms with Crippen LogP contribution in [0.15, 0.2) is 73.3 Å². The second kappa shape index (κ2) is 16.7. The second-order valence-electron chi connectivity index (χ2n) is 14.2. The molecule has 57 heavy (non-hydrogen) atoms. The highest BCUT2D eigenvalue weighted by molar-refractivity contribution is 7.94. The third-order valence-corrected chi connectivity index (χ3v) is 14.5. The van der Waals surface area contributed by atoms with Crippen LogP contribution in [0.25, 0.3) is 5.57 Å². The van der Waals surface area contributed by atoms with E-state index in [-0.39, 0.29) is 71.6 Å². The quantitative estimate of drug-likeness (QED) is 0.0382. The third-order valence-electron chi connectivity index (χ3n) is 9.60. The van der Waals surface area contributed by atoms with Crippen LogP contribution in [0.2, 0.25) is 0 Å². The molecule has 0 saturated heterocycles. The molecule has 2 aromatic rings. The van der Waals surface area contributed by atoms with Crippen molar-refractivity contribution in [3.63, 3.8) is 0 Å². The van der Waals surface area contributed by atoms with E-state index in [1.54, 1.807) is 19.9 Å². The van der Waals surface area contributed by atoms with Crippen molar-refractivity contribution < 1.29 is 79.5 Å². The number of rotatable bonds is 18. The molecule has 0 saturated carbocycles. The Morgan fingerprint density at radius 1 is 0.684 bits per heavy atom. The smallest absolute Gasteiger partial charge is 0.296 e. The van der Waals surface area contributed by atoms with E-state index >= 15 is 0 Å². The summed E-state index contributed by atoms with van der Waals surface area (Å²) in [5.74, 6) is -1.25. The maximum absolute atomic E-state index is 12.7. The van der Waals surface area contributed by atoms with Crippen molar-refractivity contribution in [2.45, 2.75) is 90.2 Å². The van der Waals surface area contributed by atoms with Gasteiger partial charge in [-0.1, -0.05) is 44.9 Å². The van der Waals surface area contributed by atoms with Gasteiger partial charge in [0.1, 0.15) is 9.79 Å². The van der Waals surface area contributed by atoms with Gasteiger partial charge in [0.25, 0.3) is 50.6 Å². The summed E-state index contributed by atoms with van der Waals surface area (Å²) >= 11 is 0.496. The minimum atomic E-state index is -5.05. The van der Waals surface area contributed by atoms with Crippen LogP contribution in [-0.2, 0) is 70.8 Å². The van der Waals surface area contributed by atoms with E-state index in [2.05, 4.69) is 9.37 Å². The first-order chi connectivity index (χ1) is 25.9. The molecule has 0 aromatic heterocycles. The van der Waals surface area contributed by atoms with Gasteiger partial charge in [-0.3, -0.25) is 22.8 Å². The summed E-state index contributed by atoms with van der Waals surface area (Å²) in [5, 5.41) is 12.6. The molecule has 0 amide bonds. The fourth-order valence-electron chi connectivity index (χ4n) is 7.38. The number of fused-ring (bicyclic) bond motifs is 2. The molecule has 1 aliphatic carbocycles. The van der Waals surface area contributed by atoms with Gasteiger partial charge in [-0.15, -0.1) is 4.33 Å². The Hall–Kier alpha value is -2.76. The third kappa shape index (κ3) is 10.5. The normalized spacial score (nSPS) is 17.9. The lowest BCUT2D eigenvalue weighted by molar-refractivity contribution is -0.432. The Balaban J connectivity index is 2.00. The van der Waals surface area contributed by atoms with Crippen LogP contribution in [0.5, 0.6) is 0 Å². The molecular weight excluding hydrogens is 879 g/mol. The van der Waals surface area contributed by atoms with Crippen molar-refractivity contribution in [2.24, 2.45) is 0 Å². The number of anilines is 1. The van der Waals surface area contributed by atoms with Crippen molar-refractivity contribution in [1.82, 2.24) is 0 Å². The summed E-state index contributed by atoms with van der Waals surface area (Å²) in [6.07, 6.45) is 4.48. The highest BCUT2D eigenvalue weighted by atomic mass is 32.2. The number of hydrogen-bond acceptors (Lipinski definition) is 15. The topological polar surface area (TPSA) is 314 Å². The van der Waals surface area contributed by atoms with Gasteiger partial charge >= 0.3 is 0 Å². The SMILES string of the molecule is CC1(C)C(C=C/C=C2/N(CCCCS(=O)(=O)O)c3c(S(=O)(=O)O)ccc(S(=O)(=O)O)c3C2(C)C)=C(CCCCS(=O)(=O)O)c2c(SOOO)ccc(S(=O)(=O)O)c21. The van der Waals surface area contributed by atoms with E-state index in [1.807, 2.05) is 0 Å². The van der Waals surface area contributed by atoms with Crippen molar-refractivity contribution in [1.29, 1.82) is 0 Å². The zero-order chi connectivity index (χ0) is 43.2. The number of hydrogen-bond donors (Lipinski definition) is 6. The van der Waals surface area contributed by atoms with Gasteiger partial charge < -0.3 is 4.90 Å². The van der Waals surface area contributed by atoms with Gasteiger partial charge in [-0.25, -0.2) is 5.26 Å². The first-order valence-corrected chi connectivity index (χ1v) is 25.0. The zero-order valence-electron chi connectivity index (χ0n) is 30.7. The lowest BCUT2D eigenvalue weighted by atomic mass is 9.80. The first-order valence-electron chi connectivity index (χ1n) is 16.7. The van der Waals surface area contributed by atoms with Crippen molar-refractivity contribution in [2.75, 3.05) is 23.0 Å². The molecule has 318 valence electrons. The number of allylic oxidation sites excluding steroid dienone is 6. The largest absolute Gasteiger partial charge is 0.343 e. The Kier molecular flexibility index (Phi) is 13.8. The van der Waals surface area contributed by atoms with Gasteiger partial charge in [-0.05, 0) is 84.7 Å². The highest BCUT2D eigenvalue weighted by Crippen LogP contribution is 2.55. The molecule has 0 bridgehead atoms. The van der Waals surface area contributed by atoms with E-state index in [0.29, 0.717) is 23.2 Å². The number of benzene rings is 2. The van der Waals surface area contributed by atoms with Crippen LogP contribution >= 0.6 is 12.0 Å². The summed E-state index contributed by atoms with van der Waals surface area (Å²) < 4.78 is 176. The molecule has 19 nitrogen and oxygen atoms in total. The number of unbranched alkanes of at least 4 members (excludes halogenated alkanes) is 2. The van der Waals surface area contributed by atoms with Gasteiger partial charge in [0.15, 0.2) is 0 Å². The highest BCUT2D eigenvalue weighted by Gasteiger charge is 2.47. The maximum atomic E-state index is 12.7. The van der Waals surface area contributed by atoms with E-state index in [9.17, 15) is 64.9 Å². The molecule has 2 aromatic carbocycles. The molecule has 0 radical (unpaired) electrons. The molecule has 2 aliphatic rings. The Labute approximate surface area is 335 Å².